The summed E-state index contributed by atoms with van der Waals surface area (Å²) in [6, 6.07) is 11.9. The Kier molecular flexibility index (Phi) is 11.1. The van der Waals surface area contributed by atoms with Gasteiger partial charge in [0.05, 0.1) is 26.0 Å². The van der Waals surface area contributed by atoms with Crippen LogP contribution in [0, 0.1) is 0 Å². The summed E-state index contributed by atoms with van der Waals surface area (Å²) in [5.41, 5.74) is 1.76. The van der Waals surface area contributed by atoms with Crippen LogP contribution in [-0.2, 0) is 4.79 Å². The Morgan fingerprint density at radius 2 is 1.94 bits per heavy atom. The quantitative estimate of drug-likeness (QED) is 0.346. The van der Waals surface area contributed by atoms with Crippen LogP contribution in [0.3, 0.4) is 0 Å². The molecule has 1 aliphatic carbocycles. The zero-order valence-corrected chi connectivity index (χ0v) is 23.3. The molecule has 1 atom stereocenters. The third-order valence-corrected chi connectivity index (χ3v) is 8.31. The molecule has 2 aromatic rings. The number of carbonyl (C=O) groups excluding carboxylic acids is 1. The fourth-order valence-electron chi connectivity index (χ4n) is 5.10. The average Bonchev–Trinajstić information content (AvgIpc) is 3.25. The van der Waals surface area contributed by atoms with E-state index >= 15 is 0 Å². The molecule has 0 radical (unpaired) electrons. The summed E-state index contributed by atoms with van der Waals surface area (Å²) in [5, 5.41) is 9.92. The molecule has 0 aromatic heterocycles. The Hall–Kier alpha value is -1.64. The highest BCUT2D eigenvalue weighted by molar-refractivity contribution is 8.00. The van der Waals surface area contributed by atoms with E-state index < -0.39 is 0 Å². The number of ether oxygens (including phenoxy) is 2. The van der Waals surface area contributed by atoms with Crippen LogP contribution in [0.1, 0.15) is 56.4 Å². The smallest absolute Gasteiger partial charge is 0.225 e. The summed E-state index contributed by atoms with van der Waals surface area (Å²) < 4.78 is 11.8. The number of hydrogen-bond acceptors (Lipinski definition) is 6. The van der Waals surface area contributed by atoms with E-state index in [0.29, 0.717) is 24.2 Å². The molecule has 4 rings (SSSR count). The number of anilines is 1. The van der Waals surface area contributed by atoms with Crippen molar-refractivity contribution in [2.45, 2.75) is 61.8 Å². The number of amides is 1. The zero-order valence-electron chi connectivity index (χ0n) is 21.0. The van der Waals surface area contributed by atoms with Gasteiger partial charge in [0.25, 0.3) is 0 Å². The summed E-state index contributed by atoms with van der Waals surface area (Å²) in [6.45, 7) is 3.94. The Bertz CT molecular complexity index is 1020. The number of hydrogen-bond donors (Lipinski definition) is 1. The fourth-order valence-corrected chi connectivity index (χ4v) is 6.74. The maximum atomic E-state index is 12.7. The minimum atomic E-state index is -0.265. The molecule has 1 saturated carbocycles. The first-order valence-electron chi connectivity index (χ1n) is 12.4. The van der Waals surface area contributed by atoms with Gasteiger partial charge in [-0.05, 0) is 55.7 Å². The summed E-state index contributed by atoms with van der Waals surface area (Å²) in [7, 11) is 1.64. The van der Waals surface area contributed by atoms with Crippen molar-refractivity contribution in [2.24, 2.45) is 0 Å². The molecule has 1 heterocycles. The van der Waals surface area contributed by atoms with E-state index in [-0.39, 0.29) is 30.3 Å². The average molecular weight is 556 g/mol. The van der Waals surface area contributed by atoms with Gasteiger partial charge in [-0.25, -0.2) is 0 Å². The van der Waals surface area contributed by atoms with Crippen LogP contribution < -0.4 is 14.4 Å². The van der Waals surface area contributed by atoms with Crippen molar-refractivity contribution in [3.05, 3.63) is 47.0 Å². The Labute approximate surface area is 229 Å². The standard InChI is InChI=1S/C27H35ClN2O4S.ClH/c1-19(32)30-24-11-9-20(28)17-26(24)35-27(30)23-18-22(33-2)10-12-25(23)34-16-6-13-29(14-15-31)21-7-4-3-5-8-21;/h9-12,17-18,21,27,31H,3-8,13-16H2,1-2H3;1H. The van der Waals surface area contributed by atoms with Gasteiger partial charge in [-0.2, -0.15) is 0 Å². The van der Waals surface area contributed by atoms with Crippen molar-refractivity contribution in [1.29, 1.82) is 0 Å². The molecule has 1 unspecified atom stereocenters. The van der Waals surface area contributed by atoms with E-state index in [9.17, 15) is 9.90 Å². The van der Waals surface area contributed by atoms with Crippen molar-refractivity contribution in [2.75, 3.05) is 38.3 Å². The normalized spacial score (nSPS) is 17.6. The molecule has 0 spiro atoms. The first-order valence-corrected chi connectivity index (χ1v) is 13.7. The minimum absolute atomic E-state index is 0. The first-order chi connectivity index (χ1) is 17.0. The van der Waals surface area contributed by atoms with Gasteiger partial charge < -0.3 is 14.6 Å². The lowest BCUT2D eigenvalue weighted by Crippen LogP contribution is -2.39. The first kappa shape index (κ1) is 28.9. The Morgan fingerprint density at radius 3 is 2.64 bits per heavy atom. The van der Waals surface area contributed by atoms with E-state index in [1.165, 1.54) is 32.1 Å². The number of aliphatic hydroxyl groups excluding tert-OH is 1. The van der Waals surface area contributed by atoms with Gasteiger partial charge in [0.1, 0.15) is 16.9 Å². The summed E-state index contributed by atoms with van der Waals surface area (Å²) in [4.78, 5) is 17.9. The maximum absolute atomic E-state index is 12.7. The fraction of sp³-hybridized carbons (Fsp3) is 0.519. The number of nitrogens with zero attached hydrogens (tertiary/aromatic N) is 2. The lowest BCUT2D eigenvalue weighted by Gasteiger charge is -2.34. The van der Waals surface area contributed by atoms with E-state index in [2.05, 4.69) is 4.90 Å². The Balaban J connectivity index is 0.00000361. The van der Waals surface area contributed by atoms with Crippen LogP contribution in [-0.4, -0.2) is 55.4 Å². The van der Waals surface area contributed by atoms with Gasteiger partial charge in [-0.15, -0.1) is 12.4 Å². The molecule has 0 saturated heterocycles. The van der Waals surface area contributed by atoms with E-state index in [4.69, 9.17) is 21.1 Å². The Morgan fingerprint density at radius 1 is 1.17 bits per heavy atom. The zero-order chi connectivity index (χ0) is 24.8. The van der Waals surface area contributed by atoms with E-state index in [0.717, 1.165) is 40.6 Å². The molecule has 0 bridgehead atoms. The van der Waals surface area contributed by atoms with Crippen LogP contribution in [0.25, 0.3) is 0 Å². The van der Waals surface area contributed by atoms with Crippen molar-refractivity contribution in [1.82, 2.24) is 4.90 Å². The van der Waals surface area contributed by atoms with Crippen LogP contribution in [0.4, 0.5) is 5.69 Å². The maximum Gasteiger partial charge on any atom is 0.225 e. The second kappa shape index (κ2) is 13.8. The summed E-state index contributed by atoms with van der Waals surface area (Å²) >= 11 is 7.82. The van der Waals surface area contributed by atoms with Crippen molar-refractivity contribution < 1.29 is 19.4 Å². The lowest BCUT2D eigenvalue weighted by atomic mass is 9.94. The number of fused-ring (bicyclic) bond motifs is 1. The number of aliphatic hydroxyl groups is 1. The summed E-state index contributed by atoms with van der Waals surface area (Å²) in [5.74, 6) is 1.43. The van der Waals surface area contributed by atoms with Gasteiger partial charge in [0, 0.05) is 41.5 Å². The molecule has 2 aromatic carbocycles. The number of rotatable bonds is 10. The molecule has 1 N–H and O–H groups in total. The van der Waals surface area contributed by atoms with Crippen molar-refractivity contribution in [3.8, 4) is 11.5 Å². The van der Waals surface area contributed by atoms with Crippen molar-refractivity contribution in [3.63, 3.8) is 0 Å². The minimum Gasteiger partial charge on any atom is -0.497 e. The van der Waals surface area contributed by atoms with Gasteiger partial charge in [0.15, 0.2) is 0 Å². The molecule has 1 amide bonds. The van der Waals surface area contributed by atoms with Gasteiger partial charge in [-0.1, -0.05) is 42.6 Å². The molecule has 6 nitrogen and oxygen atoms in total. The number of methoxy groups -OCH3 is 1. The highest BCUT2D eigenvalue weighted by atomic mass is 35.5. The number of halogens is 2. The highest BCUT2D eigenvalue weighted by Gasteiger charge is 2.36. The monoisotopic (exact) mass is 554 g/mol. The van der Waals surface area contributed by atoms with E-state index in [1.807, 2.05) is 36.4 Å². The molecular formula is C27H36Cl2N2O4S. The van der Waals surface area contributed by atoms with Gasteiger partial charge >= 0.3 is 0 Å². The second-order valence-corrected chi connectivity index (χ2v) is 10.7. The third-order valence-electron chi connectivity index (χ3n) is 6.80. The predicted molar refractivity (Wildman–Crippen MR) is 149 cm³/mol. The predicted octanol–water partition coefficient (Wildman–Crippen LogP) is 6.32. The topological polar surface area (TPSA) is 62.2 Å². The number of carbonyl (C=O) groups is 1. The third kappa shape index (κ3) is 6.81. The number of thioether (sulfide) groups is 1. The second-order valence-electron chi connectivity index (χ2n) is 9.13. The van der Waals surface area contributed by atoms with Crippen molar-refractivity contribution >= 4 is 47.4 Å². The SMILES string of the molecule is COc1ccc(OCCCN(CCO)C2CCCCC2)c(C2Sc3cc(Cl)ccc3N2C(C)=O)c1.Cl. The van der Waals surface area contributed by atoms with Crippen LogP contribution in [0.2, 0.25) is 5.02 Å². The molecule has 2 aliphatic rings. The molecule has 9 heteroatoms. The lowest BCUT2D eigenvalue weighted by molar-refractivity contribution is -0.116. The van der Waals surface area contributed by atoms with Gasteiger partial charge in [0.2, 0.25) is 5.91 Å². The molecule has 36 heavy (non-hydrogen) atoms. The molecular weight excluding hydrogens is 519 g/mol. The number of benzene rings is 2. The molecule has 1 aliphatic heterocycles. The largest absolute Gasteiger partial charge is 0.497 e. The van der Waals surface area contributed by atoms with Crippen LogP contribution in [0.15, 0.2) is 41.3 Å². The van der Waals surface area contributed by atoms with Crippen LogP contribution in [0.5, 0.6) is 11.5 Å². The van der Waals surface area contributed by atoms with E-state index in [1.54, 1.807) is 30.7 Å². The molecule has 198 valence electrons. The highest BCUT2D eigenvalue weighted by Crippen LogP contribution is 2.54. The summed E-state index contributed by atoms with van der Waals surface area (Å²) in [6.07, 6.45) is 7.17. The van der Waals surface area contributed by atoms with Crippen LogP contribution >= 0.6 is 35.8 Å². The molecule has 1 fully saturated rings. The van der Waals surface area contributed by atoms with Gasteiger partial charge in [-0.3, -0.25) is 14.6 Å².